The molecule has 5 heteroatoms. The summed E-state index contributed by atoms with van der Waals surface area (Å²) in [5.74, 6) is 0.466. The van der Waals surface area contributed by atoms with Crippen molar-refractivity contribution in [3.63, 3.8) is 0 Å². The molecule has 106 valence electrons. The summed E-state index contributed by atoms with van der Waals surface area (Å²) in [5.41, 5.74) is -0.893. The molecule has 1 aliphatic carbocycles. The van der Waals surface area contributed by atoms with E-state index in [1.165, 1.54) is 0 Å². The Balaban J connectivity index is 1.77. The monoisotopic (exact) mass is 265 g/mol. The number of carbonyl (C=O) groups is 1. The van der Waals surface area contributed by atoms with E-state index in [1.54, 1.807) is 4.90 Å². The quantitative estimate of drug-likeness (QED) is 0.846. The van der Waals surface area contributed by atoms with Crippen LogP contribution in [0.2, 0.25) is 0 Å². The number of likely N-dealkylation sites (tertiary alicyclic amines) is 1. The molecule has 1 heterocycles. The fourth-order valence-electron chi connectivity index (χ4n) is 2.37. The predicted octanol–water partition coefficient (Wildman–Crippen LogP) is 1.89. The Kier molecular flexibility index (Phi) is 3.48. The third-order valence-electron chi connectivity index (χ3n) is 3.66. The highest BCUT2D eigenvalue weighted by molar-refractivity contribution is 5.69. The fourth-order valence-corrected chi connectivity index (χ4v) is 2.37. The summed E-state index contributed by atoms with van der Waals surface area (Å²) in [6.07, 6.45) is 1.98. The largest absolute Gasteiger partial charge is 0.444 e. The maximum atomic E-state index is 11.8. The second kappa shape index (κ2) is 4.68. The molecule has 0 radical (unpaired) electrons. The first-order valence-corrected chi connectivity index (χ1v) is 6.90. The molecular formula is C14H23N3O2. The van der Waals surface area contributed by atoms with E-state index in [0.717, 1.165) is 12.8 Å². The summed E-state index contributed by atoms with van der Waals surface area (Å²) in [5, 5.41) is 12.7. The van der Waals surface area contributed by atoms with E-state index in [1.807, 2.05) is 27.7 Å². The van der Waals surface area contributed by atoms with Gasteiger partial charge in [0.1, 0.15) is 11.1 Å². The van der Waals surface area contributed by atoms with E-state index in [4.69, 9.17) is 4.74 Å². The van der Waals surface area contributed by atoms with Gasteiger partial charge in [0, 0.05) is 19.1 Å². The molecule has 0 aromatic carbocycles. The number of hydrogen-bond donors (Lipinski definition) is 1. The molecule has 0 spiro atoms. The highest BCUT2D eigenvalue weighted by atomic mass is 16.6. The summed E-state index contributed by atoms with van der Waals surface area (Å²) in [6, 6.07) is 2.58. The first-order chi connectivity index (χ1) is 8.73. The Morgan fingerprint density at radius 1 is 1.32 bits per heavy atom. The Labute approximate surface area is 114 Å². The number of nitrogens with zero attached hydrogens (tertiary/aromatic N) is 2. The van der Waals surface area contributed by atoms with E-state index >= 15 is 0 Å². The van der Waals surface area contributed by atoms with Crippen LogP contribution < -0.4 is 5.32 Å². The van der Waals surface area contributed by atoms with E-state index in [2.05, 4.69) is 11.4 Å². The fraction of sp³-hybridized carbons (Fsp3) is 0.857. The van der Waals surface area contributed by atoms with Crippen LogP contribution in [0.25, 0.3) is 0 Å². The Bertz CT molecular complexity index is 400. The van der Waals surface area contributed by atoms with Crippen molar-refractivity contribution in [1.29, 1.82) is 5.26 Å². The molecule has 1 saturated heterocycles. The predicted molar refractivity (Wildman–Crippen MR) is 71.5 cm³/mol. The van der Waals surface area contributed by atoms with Crippen LogP contribution in [0.1, 0.15) is 40.5 Å². The average molecular weight is 265 g/mol. The van der Waals surface area contributed by atoms with Gasteiger partial charge in [0.15, 0.2) is 0 Å². The van der Waals surface area contributed by atoms with Gasteiger partial charge >= 0.3 is 6.09 Å². The van der Waals surface area contributed by atoms with E-state index in [9.17, 15) is 10.1 Å². The lowest BCUT2D eigenvalue weighted by Crippen LogP contribution is -2.65. The lowest BCUT2D eigenvalue weighted by Gasteiger charge is -2.43. The van der Waals surface area contributed by atoms with Crippen LogP contribution in [0.5, 0.6) is 0 Å². The molecule has 0 bridgehead atoms. The van der Waals surface area contributed by atoms with Crippen LogP contribution >= 0.6 is 0 Å². The first kappa shape index (κ1) is 14.1. The third kappa shape index (κ3) is 3.38. The molecule has 1 amide bonds. The van der Waals surface area contributed by atoms with Gasteiger partial charge in [0.25, 0.3) is 0 Å². The van der Waals surface area contributed by atoms with Crippen LogP contribution in [0, 0.1) is 17.2 Å². The zero-order valence-electron chi connectivity index (χ0n) is 12.2. The van der Waals surface area contributed by atoms with Crippen molar-refractivity contribution in [1.82, 2.24) is 10.2 Å². The van der Waals surface area contributed by atoms with E-state index in [0.29, 0.717) is 19.0 Å². The normalized spacial score (nSPS) is 23.2. The van der Waals surface area contributed by atoms with Crippen molar-refractivity contribution in [3.05, 3.63) is 0 Å². The lowest BCUT2D eigenvalue weighted by molar-refractivity contribution is 0.00279. The average Bonchev–Trinajstić information content (AvgIpc) is 3.03. The van der Waals surface area contributed by atoms with Crippen LogP contribution in [0.4, 0.5) is 4.79 Å². The van der Waals surface area contributed by atoms with Gasteiger partial charge in [-0.1, -0.05) is 0 Å². The van der Waals surface area contributed by atoms with Crippen molar-refractivity contribution in [2.24, 2.45) is 5.92 Å². The van der Waals surface area contributed by atoms with Gasteiger partial charge < -0.3 is 9.64 Å². The molecule has 1 aliphatic heterocycles. The van der Waals surface area contributed by atoms with Crippen molar-refractivity contribution in [2.75, 3.05) is 13.1 Å². The van der Waals surface area contributed by atoms with Crippen LogP contribution in [0.15, 0.2) is 0 Å². The maximum absolute atomic E-state index is 11.8. The van der Waals surface area contributed by atoms with Crippen LogP contribution in [-0.4, -0.2) is 41.3 Å². The Morgan fingerprint density at radius 2 is 1.89 bits per heavy atom. The minimum absolute atomic E-state index is 0.206. The number of nitrogens with one attached hydrogen (secondary N) is 1. The summed E-state index contributed by atoms with van der Waals surface area (Å²) in [7, 11) is 0. The SMILES string of the molecule is CC(C)(C)OC(=O)N1CC(N[C@](C)(C#N)C2CC2)C1. The number of carbonyl (C=O) groups excluding carboxylic acids is 1. The Hall–Kier alpha value is -1.28. The molecule has 0 aromatic heterocycles. The minimum atomic E-state index is -0.454. The van der Waals surface area contributed by atoms with Gasteiger partial charge in [0.05, 0.1) is 6.07 Å². The van der Waals surface area contributed by atoms with E-state index < -0.39 is 11.1 Å². The zero-order valence-corrected chi connectivity index (χ0v) is 12.2. The second-order valence-electron chi connectivity index (χ2n) is 6.82. The summed E-state index contributed by atoms with van der Waals surface area (Å²) >= 11 is 0. The summed E-state index contributed by atoms with van der Waals surface area (Å²) < 4.78 is 5.30. The van der Waals surface area contributed by atoms with Gasteiger partial charge in [-0.2, -0.15) is 5.26 Å². The second-order valence-corrected chi connectivity index (χ2v) is 6.82. The van der Waals surface area contributed by atoms with Gasteiger partial charge in [0.2, 0.25) is 0 Å². The number of nitriles is 1. The number of amides is 1. The molecular weight excluding hydrogens is 242 g/mol. The lowest BCUT2D eigenvalue weighted by atomic mass is 9.95. The van der Waals surface area contributed by atoms with Gasteiger partial charge in [-0.05, 0) is 46.5 Å². The van der Waals surface area contributed by atoms with Crippen LogP contribution in [-0.2, 0) is 4.74 Å². The highest BCUT2D eigenvalue weighted by Gasteiger charge is 2.45. The summed E-state index contributed by atoms with van der Waals surface area (Å²) in [4.78, 5) is 13.5. The first-order valence-electron chi connectivity index (χ1n) is 6.90. The highest BCUT2D eigenvalue weighted by Crippen LogP contribution is 2.39. The zero-order chi connectivity index (χ0) is 14.3. The molecule has 19 heavy (non-hydrogen) atoms. The molecule has 1 saturated carbocycles. The number of rotatable bonds is 3. The van der Waals surface area contributed by atoms with Gasteiger partial charge in [-0.3, -0.25) is 5.32 Å². The molecule has 1 N–H and O–H groups in total. The van der Waals surface area contributed by atoms with Crippen molar-refractivity contribution in [2.45, 2.75) is 57.7 Å². The van der Waals surface area contributed by atoms with E-state index in [-0.39, 0.29) is 12.1 Å². The molecule has 2 fully saturated rings. The van der Waals surface area contributed by atoms with Crippen molar-refractivity contribution in [3.8, 4) is 6.07 Å². The maximum Gasteiger partial charge on any atom is 0.410 e. The Morgan fingerprint density at radius 3 is 2.32 bits per heavy atom. The molecule has 0 aromatic rings. The third-order valence-corrected chi connectivity index (χ3v) is 3.66. The van der Waals surface area contributed by atoms with Gasteiger partial charge in [-0.15, -0.1) is 0 Å². The topological polar surface area (TPSA) is 65.4 Å². The smallest absolute Gasteiger partial charge is 0.410 e. The molecule has 1 atom stereocenters. The standard InChI is InChI=1S/C14H23N3O2/c1-13(2,3)19-12(18)17-7-11(8-17)16-14(4,9-15)10-5-6-10/h10-11,16H,5-8H2,1-4H3/t14-/m1/s1. The number of ether oxygens (including phenoxy) is 1. The van der Waals surface area contributed by atoms with Gasteiger partial charge in [-0.25, -0.2) is 4.79 Å². The molecule has 5 nitrogen and oxygen atoms in total. The number of hydrogen-bond acceptors (Lipinski definition) is 4. The van der Waals surface area contributed by atoms with Crippen LogP contribution in [0.3, 0.4) is 0 Å². The minimum Gasteiger partial charge on any atom is -0.444 e. The summed E-state index contributed by atoms with van der Waals surface area (Å²) in [6.45, 7) is 8.79. The molecule has 0 unspecified atom stereocenters. The molecule has 2 aliphatic rings. The van der Waals surface area contributed by atoms with Crippen molar-refractivity contribution < 1.29 is 9.53 Å². The van der Waals surface area contributed by atoms with Crippen molar-refractivity contribution >= 4 is 6.09 Å². The molecule has 2 rings (SSSR count).